The predicted molar refractivity (Wildman–Crippen MR) is 101 cm³/mol. The number of piperidine rings is 1. The Labute approximate surface area is 149 Å². The van der Waals surface area contributed by atoms with Crippen LogP contribution in [0.4, 0.5) is 5.69 Å². The SMILES string of the molecule is CCC1CCCCN1CCNC(=NC)NCc1ccccc1[N+](=O)[O-]. The van der Waals surface area contributed by atoms with Crippen LogP contribution in [0.25, 0.3) is 0 Å². The van der Waals surface area contributed by atoms with Crippen molar-refractivity contribution < 1.29 is 4.92 Å². The Bertz CT molecular complexity index is 591. The second-order valence-electron chi connectivity index (χ2n) is 6.33. The zero-order chi connectivity index (χ0) is 18.1. The predicted octanol–water partition coefficient (Wildman–Crippen LogP) is 2.52. The molecule has 1 heterocycles. The summed E-state index contributed by atoms with van der Waals surface area (Å²) in [5.74, 6) is 0.670. The highest BCUT2D eigenvalue weighted by molar-refractivity contribution is 5.79. The number of nitrogens with one attached hydrogen (secondary N) is 2. The van der Waals surface area contributed by atoms with Crippen molar-refractivity contribution in [3.8, 4) is 0 Å². The van der Waals surface area contributed by atoms with Gasteiger partial charge in [0, 0.05) is 44.4 Å². The van der Waals surface area contributed by atoms with Gasteiger partial charge in [0.25, 0.3) is 5.69 Å². The molecular formula is C18H29N5O2. The van der Waals surface area contributed by atoms with Crippen molar-refractivity contribution in [1.82, 2.24) is 15.5 Å². The Morgan fingerprint density at radius 1 is 1.36 bits per heavy atom. The minimum atomic E-state index is -0.353. The van der Waals surface area contributed by atoms with Gasteiger partial charge in [-0.05, 0) is 25.8 Å². The van der Waals surface area contributed by atoms with Gasteiger partial charge in [-0.1, -0.05) is 31.5 Å². The lowest BCUT2D eigenvalue weighted by Crippen LogP contribution is -2.45. The number of benzene rings is 1. The van der Waals surface area contributed by atoms with Gasteiger partial charge in [-0.2, -0.15) is 0 Å². The summed E-state index contributed by atoms with van der Waals surface area (Å²) in [6.07, 6.45) is 5.11. The van der Waals surface area contributed by atoms with Gasteiger partial charge >= 0.3 is 0 Å². The summed E-state index contributed by atoms with van der Waals surface area (Å²) in [4.78, 5) is 17.5. The van der Waals surface area contributed by atoms with Crippen molar-refractivity contribution in [2.45, 2.75) is 45.2 Å². The minimum Gasteiger partial charge on any atom is -0.355 e. The molecule has 0 bridgehead atoms. The molecule has 1 atom stereocenters. The smallest absolute Gasteiger partial charge is 0.274 e. The highest BCUT2D eigenvalue weighted by atomic mass is 16.6. The van der Waals surface area contributed by atoms with Gasteiger partial charge < -0.3 is 10.6 Å². The van der Waals surface area contributed by atoms with E-state index in [0.29, 0.717) is 24.1 Å². The van der Waals surface area contributed by atoms with Crippen molar-refractivity contribution >= 4 is 11.6 Å². The number of nitro benzene ring substituents is 1. The topological polar surface area (TPSA) is 82.8 Å². The normalized spacial score (nSPS) is 18.8. The number of nitro groups is 1. The number of para-hydroxylation sites is 1. The van der Waals surface area contributed by atoms with Crippen molar-refractivity contribution in [3.63, 3.8) is 0 Å². The van der Waals surface area contributed by atoms with E-state index in [4.69, 9.17) is 0 Å². The van der Waals surface area contributed by atoms with Crippen LogP contribution in [-0.2, 0) is 6.54 Å². The molecule has 1 unspecified atom stereocenters. The van der Waals surface area contributed by atoms with Crippen LogP contribution < -0.4 is 10.6 Å². The van der Waals surface area contributed by atoms with E-state index in [1.807, 2.05) is 0 Å². The molecule has 138 valence electrons. The Balaban J connectivity index is 1.80. The number of aliphatic imine (C=N–C) groups is 1. The average molecular weight is 347 g/mol. The van der Waals surface area contributed by atoms with E-state index in [1.165, 1.54) is 38.3 Å². The summed E-state index contributed by atoms with van der Waals surface area (Å²) < 4.78 is 0. The van der Waals surface area contributed by atoms with Gasteiger partial charge in [-0.15, -0.1) is 0 Å². The first-order chi connectivity index (χ1) is 12.2. The molecule has 0 spiro atoms. The van der Waals surface area contributed by atoms with Gasteiger partial charge in [0.1, 0.15) is 0 Å². The van der Waals surface area contributed by atoms with Gasteiger partial charge in [0.05, 0.1) is 4.92 Å². The highest BCUT2D eigenvalue weighted by Gasteiger charge is 2.20. The molecule has 7 nitrogen and oxygen atoms in total. The van der Waals surface area contributed by atoms with Crippen LogP contribution >= 0.6 is 0 Å². The summed E-state index contributed by atoms with van der Waals surface area (Å²) in [5, 5.41) is 17.5. The fraction of sp³-hybridized carbons (Fsp3) is 0.611. The van der Waals surface area contributed by atoms with E-state index in [-0.39, 0.29) is 10.6 Å². The van der Waals surface area contributed by atoms with E-state index < -0.39 is 0 Å². The molecule has 1 aliphatic heterocycles. The van der Waals surface area contributed by atoms with E-state index in [0.717, 1.165) is 13.1 Å². The first kappa shape index (κ1) is 19.2. The molecule has 2 N–H and O–H groups in total. The number of likely N-dealkylation sites (tertiary alicyclic amines) is 1. The van der Waals surface area contributed by atoms with Gasteiger partial charge in [0.2, 0.25) is 0 Å². The summed E-state index contributed by atoms with van der Waals surface area (Å²) in [6.45, 7) is 5.60. The fourth-order valence-corrected chi connectivity index (χ4v) is 3.37. The van der Waals surface area contributed by atoms with Crippen LogP contribution in [0, 0.1) is 10.1 Å². The molecule has 1 fully saturated rings. The second kappa shape index (κ2) is 9.98. The number of nitrogens with zero attached hydrogens (tertiary/aromatic N) is 3. The van der Waals surface area contributed by atoms with Crippen molar-refractivity contribution in [2.75, 3.05) is 26.7 Å². The van der Waals surface area contributed by atoms with Crippen LogP contribution in [0.5, 0.6) is 0 Å². The molecule has 2 rings (SSSR count). The largest absolute Gasteiger partial charge is 0.355 e. The Morgan fingerprint density at radius 3 is 2.88 bits per heavy atom. The van der Waals surface area contributed by atoms with Crippen molar-refractivity contribution in [3.05, 3.63) is 39.9 Å². The maximum absolute atomic E-state index is 11.1. The Morgan fingerprint density at radius 2 is 2.16 bits per heavy atom. The van der Waals surface area contributed by atoms with Gasteiger partial charge in [0.15, 0.2) is 5.96 Å². The molecule has 1 aromatic carbocycles. The summed E-state index contributed by atoms with van der Waals surface area (Å²) in [7, 11) is 1.71. The third-order valence-corrected chi connectivity index (χ3v) is 4.77. The molecule has 25 heavy (non-hydrogen) atoms. The fourth-order valence-electron chi connectivity index (χ4n) is 3.37. The number of hydrogen-bond acceptors (Lipinski definition) is 4. The van der Waals surface area contributed by atoms with Crippen molar-refractivity contribution in [2.24, 2.45) is 4.99 Å². The molecule has 1 saturated heterocycles. The molecule has 1 aromatic rings. The number of rotatable bonds is 7. The zero-order valence-corrected chi connectivity index (χ0v) is 15.2. The Hall–Kier alpha value is -2.15. The third kappa shape index (κ3) is 5.70. The molecule has 0 aromatic heterocycles. The second-order valence-corrected chi connectivity index (χ2v) is 6.33. The monoisotopic (exact) mass is 347 g/mol. The van der Waals surface area contributed by atoms with Gasteiger partial charge in [-0.25, -0.2) is 0 Å². The highest BCUT2D eigenvalue weighted by Crippen LogP contribution is 2.19. The Kier molecular flexibility index (Phi) is 7.66. The first-order valence-electron chi connectivity index (χ1n) is 9.06. The summed E-state index contributed by atoms with van der Waals surface area (Å²) in [5.41, 5.74) is 0.780. The maximum atomic E-state index is 11.1. The van der Waals surface area contributed by atoms with E-state index in [2.05, 4.69) is 27.4 Å². The molecule has 0 saturated carbocycles. The molecule has 0 amide bonds. The third-order valence-electron chi connectivity index (χ3n) is 4.77. The number of guanidine groups is 1. The molecule has 1 aliphatic rings. The van der Waals surface area contributed by atoms with Crippen LogP contribution in [0.15, 0.2) is 29.3 Å². The van der Waals surface area contributed by atoms with Crippen molar-refractivity contribution in [1.29, 1.82) is 0 Å². The first-order valence-corrected chi connectivity index (χ1v) is 9.06. The average Bonchev–Trinajstić information content (AvgIpc) is 2.65. The molecule has 7 heteroatoms. The minimum absolute atomic E-state index is 0.129. The lowest BCUT2D eigenvalue weighted by molar-refractivity contribution is -0.385. The quantitative estimate of drug-likeness (QED) is 0.343. The molecule has 0 aliphatic carbocycles. The zero-order valence-electron chi connectivity index (χ0n) is 15.2. The van der Waals surface area contributed by atoms with Gasteiger partial charge in [-0.3, -0.25) is 20.0 Å². The molecular weight excluding hydrogens is 318 g/mol. The summed E-state index contributed by atoms with van der Waals surface area (Å²) in [6, 6.07) is 7.46. The maximum Gasteiger partial charge on any atom is 0.274 e. The van der Waals surface area contributed by atoms with E-state index >= 15 is 0 Å². The number of hydrogen-bond donors (Lipinski definition) is 2. The summed E-state index contributed by atoms with van der Waals surface area (Å²) >= 11 is 0. The lowest BCUT2D eigenvalue weighted by Gasteiger charge is -2.35. The van der Waals surface area contributed by atoms with Crippen LogP contribution in [0.1, 0.15) is 38.2 Å². The van der Waals surface area contributed by atoms with Crippen LogP contribution in [-0.4, -0.2) is 48.5 Å². The standard InChI is InChI=1S/C18H29N5O2/c1-3-16-9-6-7-12-22(16)13-11-20-18(19-2)21-14-15-8-4-5-10-17(15)23(24)25/h4-5,8,10,16H,3,6-7,9,11-14H2,1-2H3,(H2,19,20,21). The van der Waals surface area contributed by atoms with Crippen LogP contribution in [0.2, 0.25) is 0 Å². The van der Waals surface area contributed by atoms with E-state index in [9.17, 15) is 10.1 Å². The van der Waals surface area contributed by atoms with E-state index in [1.54, 1.807) is 25.2 Å². The molecule has 0 radical (unpaired) electrons. The van der Waals surface area contributed by atoms with Crippen LogP contribution in [0.3, 0.4) is 0 Å². The lowest BCUT2D eigenvalue weighted by atomic mass is 10.0.